The van der Waals surface area contributed by atoms with Crippen LogP contribution < -0.4 is 24.3 Å². The van der Waals surface area contributed by atoms with Gasteiger partial charge in [-0.15, -0.1) is 0 Å². The van der Waals surface area contributed by atoms with Crippen molar-refractivity contribution < 1.29 is 43.5 Å². The number of hydrogen-bond donors (Lipinski definition) is 3. The van der Waals surface area contributed by atoms with Gasteiger partial charge in [-0.25, -0.2) is 0 Å². The number of nitrogens with one attached hydrogen (secondary N) is 1. The number of aromatic hydroxyl groups is 1. The average Bonchev–Trinajstić information content (AvgIpc) is 3.25. The van der Waals surface area contributed by atoms with Gasteiger partial charge in [-0.1, -0.05) is 24.6 Å². The summed E-state index contributed by atoms with van der Waals surface area (Å²) in [7, 11) is 4.06. The molecule has 2 aromatic carbocycles. The molecule has 1 heterocycles. The highest BCUT2D eigenvalue weighted by Gasteiger charge is 2.61. The number of aliphatic hydroxyl groups is 1. The molecule has 0 bridgehead atoms. The van der Waals surface area contributed by atoms with E-state index in [-0.39, 0.29) is 64.3 Å². The number of allylic oxidation sites excluding steroid dienone is 1. The second kappa shape index (κ2) is 11.0. The van der Waals surface area contributed by atoms with Crippen LogP contribution in [0.1, 0.15) is 41.6 Å². The monoisotopic (exact) mass is 570 g/mol. The maximum Gasteiger partial charge on any atom is 0.231 e. The van der Waals surface area contributed by atoms with Gasteiger partial charge < -0.3 is 34.5 Å². The van der Waals surface area contributed by atoms with Gasteiger partial charge in [-0.2, -0.15) is 5.26 Å². The molecule has 3 atom stereocenters. The van der Waals surface area contributed by atoms with Gasteiger partial charge in [-0.05, 0) is 17.7 Å². The third-order valence-electron chi connectivity index (χ3n) is 7.22. The van der Waals surface area contributed by atoms with E-state index in [2.05, 4.69) is 5.32 Å². The first kappa shape index (κ1) is 28.6. The molecule has 3 N–H and O–H groups in total. The number of fused-ring (bicyclic) bond motifs is 1. The first-order valence-corrected chi connectivity index (χ1v) is 12.6. The van der Waals surface area contributed by atoms with Crippen molar-refractivity contribution in [1.82, 2.24) is 5.32 Å². The van der Waals surface area contributed by atoms with Gasteiger partial charge >= 0.3 is 0 Å². The van der Waals surface area contributed by atoms with Gasteiger partial charge in [-0.3, -0.25) is 14.4 Å². The van der Waals surface area contributed by atoms with Crippen molar-refractivity contribution in [3.63, 3.8) is 0 Å². The quantitative estimate of drug-likeness (QED) is 0.399. The molecular weight excluding hydrogens is 544 g/mol. The summed E-state index contributed by atoms with van der Waals surface area (Å²) in [5.41, 5.74) is -1.95. The number of aliphatic hydroxyl groups excluding tert-OH is 1. The van der Waals surface area contributed by atoms with Crippen molar-refractivity contribution in [3.05, 3.63) is 51.7 Å². The van der Waals surface area contributed by atoms with Crippen LogP contribution in [-0.4, -0.2) is 61.2 Å². The molecule has 210 valence electrons. The lowest BCUT2D eigenvalue weighted by atomic mass is 9.69. The number of amides is 1. The molecule has 0 aromatic heterocycles. The lowest BCUT2D eigenvalue weighted by Crippen LogP contribution is -2.53. The van der Waals surface area contributed by atoms with E-state index in [4.69, 9.17) is 35.8 Å². The van der Waals surface area contributed by atoms with Crippen LogP contribution in [0.4, 0.5) is 0 Å². The van der Waals surface area contributed by atoms with Gasteiger partial charge in [0.05, 0.1) is 27.4 Å². The van der Waals surface area contributed by atoms with Gasteiger partial charge in [0.1, 0.15) is 28.6 Å². The van der Waals surface area contributed by atoms with Crippen molar-refractivity contribution >= 4 is 29.1 Å². The zero-order valence-electron chi connectivity index (χ0n) is 22.2. The smallest absolute Gasteiger partial charge is 0.231 e. The number of ether oxygens (including phenoxy) is 4. The molecule has 0 radical (unpaired) electrons. The number of carbonyl (C=O) groups is 3. The van der Waals surface area contributed by atoms with Crippen LogP contribution in [-0.2, 0) is 9.59 Å². The van der Waals surface area contributed by atoms with Crippen molar-refractivity contribution in [2.24, 2.45) is 5.92 Å². The van der Waals surface area contributed by atoms with E-state index in [1.54, 1.807) is 6.92 Å². The van der Waals surface area contributed by atoms with Gasteiger partial charge in [0.2, 0.25) is 17.3 Å². The molecule has 1 spiro atoms. The minimum Gasteiger partial charge on any atom is -0.507 e. The van der Waals surface area contributed by atoms with Crippen LogP contribution in [0, 0.1) is 17.2 Å². The number of rotatable bonds is 8. The number of Topliss-reactive ketones (excluding diaryl/α,β-unsaturated/α-hetero) is 2. The highest BCUT2D eigenvalue weighted by atomic mass is 35.5. The van der Waals surface area contributed by atoms with Gasteiger partial charge in [0.15, 0.2) is 28.8 Å². The minimum atomic E-state index is -2.04. The Morgan fingerprint density at radius 1 is 1.18 bits per heavy atom. The summed E-state index contributed by atoms with van der Waals surface area (Å²) < 4.78 is 22.1. The number of benzene rings is 2. The highest BCUT2D eigenvalue weighted by molar-refractivity contribution is 6.35. The second-order valence-corrected chi connectivity index (χ2v) is 9.76. The molecule has 11 nitrogen and oxygen atoms in total. The lowest BCUT2D eigenvalue weighted by Gasteiger charge is -2.38. The van der Waals surface area contributed by atoms with Crippen LogP contribution in [0.3, 0.4) is 0 Å². The Balaban J connectivity index is 1.94. The van der Waals surface area contributed by atoms with Crippen LogP contribution in [0.2, 0.25) is 5.02 Å². The van der Waals surface area contributed by atoms with E-state index in [1.165, 1.54) is 45.6 Å². The summed E-state index contributed by atoms with van der Waals surface area (Å²) in [5, 5.41) is 33.2. The summed E-state index contributed by atoms with van der Waals surface area (Å²) in [6.07, 6.45) is -0.577. The summed E-state index contributed by atoms with van der Waals surface area (Å²) in [6.45, 7) is 1.31. The molecule has 1 aliphatic heterocycles. The Bertz CT molecular complexity index is 1480. The fourth-order valence-corrected chi connectivity index (χ4v) is 5.50. The number of phenolic OH excluding ortho intramolecular Hbond substituents is 1. The Hall–Kier alpha value is -4.43. The van der Waals surface area contributed by atoms with E-state index in [0.717, 1.165) is 0 Å². The van der Waals surface area contributed by atoms with Crippen molar-refractivity contribution in [3.8, 4) is 34.8 Å². The Labute approximate surface area is 234 Å². The van der Waals surface area contributed by atoms with E-state index < -0.39 is 40.7 Å². The Kier molecular flexibility index (Phi) is 7.84. The Morgan fingerprint density at radius 2 is 1.85 bits per heavy atom. The fourth-order valence-electron chi connectivity index (χ4n) is 5.23. The molecule has 2 aliphatic rings. The maximum atomic E-state index is 14.1. The van der Waals surface area contributed by atoms with E-state index in [9.17, 15) is 24.6 Å². The van der Waals surface area contributed by atoms with Crippen LogP contribution in [0.5, 0.6) is 28.7 Å². The third kappa shape index (κ3) is 4.44. The highest BCUT2D eigenvalue weighted by Crippen LogP contribution is 2.55. The average molecular weight is 571 g/mol. The van der Waals surface area contributed by atoms with Gasteiger partial charge in [0, 0.05) is 36.3 Å². The summed E-state index contributed by atoms with van der Waals surface area (Å²) in [6, 6.07) is 7.44. The first-order valence-electron chi connectivity index (χ1n) is 12.2. The third-order valence-corrected chi connectivity index (χ3v) is 7.58. The summed E-state index contributed by atoms with van der Waals surface area (Å²) in [5.74, 6) is -4.28. The number of hydrogen-bond acceptors (Lipinski definition) is 10. The van der Waals surface area contributed by atoms with Crippen molar-refractivity contribution in [2.75, 3.05) is 27.9 Å². The zero-order valence-corrected chi connectivity index (χ0v) is 22.9. The molecule has 1 aliphatic carbocycles. The topological polar surface area (TPSA) is 164 Å². The van der Waals surface area contributed by atoms with E-state index in [0.29, 0.717) is 5.56 Å². The molecular formula is C28H27ClN2O9. The Morgan fingerprint density at radius 3 is 2.48 bits per heavy atom. The predicted molar refractivity (Wildman–Crippen MR) is 141 cm³/mol. The molecule has 0 fully saturated rings. The molecule has 1 amide bonds. The molecule has 3 unspecified atom stereocenters. The molecule has 0 saturated carbocycles. The van der Waals surface area contributed by atoms with Gasteiger partial charge in [0.25, 0.3) is 0 Å². The van der Waals surface area contributed by atoms with Crippen molar-refractivity contribution in [1.29, 1.82) is 5.26 Å². The summed E-state index contributed by atoms with van der Waals surface area (Å²) >= 11 is 6.50. The lowest BCUT2D eigenvalue weighted by molar-refractivity contribution is -0.121. The molecule has 12 heteroatoms. The van der Waals surface area contributed by atoms with Crippen LogP contribution >= 0.6 is 11.6 Å². The van der Waals surface area contributed by atoms with Crippen LogP contribution in [0.15, 0.2) is 35.6 Å². The number of ketones is 2. The normalized spacial score (nSPS) is 20.4. The number of phenols is 1. The number of nitrogens with zero attached hydrogens (tertiary/aromatic N) is 1. The van der Waals surface area contributed by atoms with Crippen molar-refractivity contribution in [2.45, 2.75) is 31.3 Å². The van der Waals surface area contributed by atoms with E-state index >= 15 is 0 Å². The number of methoxy groups -OCH3 is 3. The molecule has 2 aromatic rings. The first-order chi connectivity index (χ1) is 19.0. The number of halogens is 1. The minimum absolute atomic E-state index is 0.0160. The number of carbonyl (C=O) groups excluding carboxylic acids is 3. The van der Waals surface area contributed by atoms with E-state index in [1.807, 2.05) is 6.07 Å². The fraction of sp³-hybridized carbons (Fsp3) is 0.357. The standard InChI is InChI=1S/C28H27ClN2O9/c1-13-9-17(33)22(15(11-21(34)31-8-7-30)14-5-6-16(32)18(10-14)37-2)26(35)28(13)27(36)23-19(38-3)12-20(39-4)24(29)25(23)40-28/h5-6,10,12-13,15,32,35H,8-9,11H2,1-4H3,(H,31,34). The number of nitriles is 1. The SMILES string of the molecule is COc1cc(C(CC(=O)NCC#N)C2=C(O)C3(Oc4c(Cl)c(OC)cc(OC)c4C3=O)C(C)CC2=O)ccc1O. The summed E-state index contributed by atoms with van der Waals surface area (Å²) in [4.78, 5) is 40.4. The molecule has 0 saturated heterocycles. The maximum absolute atomic E-state index is 14.1. The largest absolute Gasteiger partial charge is 0.507 e. The molecule has 40 heavy (non-hydrogen) atoms. The predicted octanol–water partition coefficient (Wildman–Crippen LogP) is 3.62. The molecule has 4 rings (SSSR count). The zero-order chi connectivity index (χ0) is 29.4. The second-order valence-electron chi connectivity index (χ2n) is 9.38. The van der Waals surface area contributed by atoms with Crippen LogP contribution in [0.25, 0.3) is 0 Å².